The second kappa shape index (κ2) is 5.84. The molecule has 0 spiro atoms. The minimum atomic E-state index is -3.54. The number of rotatable bonds is 5. The second-order valence-corrected chi connectivity index (χ2v) is 7.56. The smallest absolute Gasteiger partial charge is 0.240 e. The van der Waals surface area contributed by atoms with Crippen molar-refractivity contribution in [3.63, 3.8) is 0 Å². The van der Waals surface area contributed by atoms with E-state index in [1.807, 2.05) is 0 Å². The van der Waals surface area contributed by atoms with Crippen LogP contribution in [0, 0.1) is 5.41 Å². The van der Waals surface area contributed by atoms with Gasteiger partial charge in [-0.15, -0.1) is 0 Å². The molecule has 0 radical (unpaired) electrons. The lowest BCUT2D eigenvalue weighted by Crippen LogP contribution is -2.27. The number of Topliss-reactive ketones (excluding diaryl/α,β-unsaturated/α-hetero) is 1. The molecule has 5 heteroatoms. The van der Waals surface area contributed by atoms with Gasteiger partial charge in [-0.1, -0.05) is 32.9 Å². The predicted molar refractivity (Wildman–Crippen MR) is 75.7 cm³/mol. The molecule has 0 fully saturated rings. The molecular formula is C14H21NO3S. The van der Waals surface area contributed by atoms with Crippen molar-refractivity contribution in [3.05, 3.63) is 29.8 Å². The molecule has 0 atom stereocenters. The van der Waals surface area contributed by atoms with E-state index in [-0.39, 0.29) is 16.1 Å². The van der Waals surface area contributed by atoms with Crippen molar-refractivity contribution < 1.29 is 13.2 Å². The van der Waals surface area contributed by atoms with Crippen LogP contribution in [0.2, 0.25) is 0 Å². The fraction of sp³-hybridized carbons (Fsp3) is 0.500. The Labute approximate surface area is 115 Å². The van der Waals surface area contributed by atoms with Gasteiger partial charge in [0, 0.05) is 12.1 Å². The number of carbonyl (C=O) groups excluding carboxylic acids is 1. The van der Waals surface area contributed by atoms with Gasteiger partial charge in [0.25, 0.3) is 0 Å². The molecular weight excluding hydrogens is 262 g/mol. The van der Waals surface area contributed by atoms with Crippen LogP contribution >= 0.6 is 0 Å². The standard InChI is InChI=1S/C14H21NO3S/c1-11(16)12-6-5-7-13(10-12)19(17,18)15-9-8-14(2,3)4/h5-7,10,15H,8-9H2,1-4H3. The van der Waals surface area contributed by atoms with Crippen LogP contribution in [-0.4, -0.2) is 20.7 Å². The molecule has 0 aliphatic carbocycles. The first kappa shape index (κ1) is 15.9. The quantitative estimate of drug-likeness (QED) is 0.845. The summed E-state index contributed by atoms with van der Waals surface area (Å²) in [5.74, 6) is -0.147. The molecule has 0 saturated carbocycles. The maximum absolute atomic E-state index is 12.1. The van der Waals surface area contributed by atoms with Crippen molar-refractivity contribution in [1.29, 1.82) is 0 Å². The highest BCUT2D eigenvalue weighted by atomic mass is 32.2. The number of carbonyl (C=O) groups is 1. The molecule has 1 aromatic carbocycles. The van der Waals surface area contributed by atoms with E-state index >= 15 is 0 Å². The lowest BCUT2D eigenvalue weighted by molar-refractivity contribution is 0.101. The van der Waals surface area contributed by atoms with Crippen LogP contribution in [0.3, 0.4) is 0 Å². The van der Waals surface area contributed by atoms with Crippen LogP contribution in [0.5, 0.6) is 0 Å². The van der Waals surface area contributed by atoms with Crippen LogP contribution in [0.25, 0.3) is 0 Å². The monoisotopic (exact) mass is 283 g/mol. The van der Waals surface area contributed by atoms with Crippen molar-refractivity contribution in [2.24, 2.45) is 5.41 Å². The van der Waals surface area contributed by atoms with Crippen molar-refractivity contribution in [2.75, 3.05) is 6.54 Å². The van der Waals surface area contributed by atoms with Crippen molar-refractivity contribution >= 4 is 15.8 Å². The average molecular weight is 283 g/mol. The molecule has 0 amide bonds. The van der Waals surface area contributed by atoms with Gasteiger partial charge in [0.15, 0.2) is 5.78 Å². The summed E-state index contributed by atoms with van der Waals surface area (Å²) in [6.45, 7) is 7.96. The summed E-state index contributed by atoms with van der Waals surface area (Å²) < 4.78 is 26.7. The molecule has 0 aliphatic heterocycles. The molecule has 0 aliphatic rings. The third-order valence-corrected chi connectivity index (χ3v) is 4.18. The summed E-state index contributed by atoms with van der Waals surface area (Å²) in [4.78, 5) is 11.4. The van der Waals surface area contributed by atoms with Gasteiger partial charge in [0.05, 0.1) is 4.90 Å². The molecule has 1 aromatic rings. The Hall–Kier alpha value is -1.20. The SMILES string of the molecule is CC(=O)c1cccc(S(=O)(=O)NCCC(C)(C)C)c1. The molecule has 0 saturated heterocycles. The largest absolute Gasteiger partial charge is 0.295 e. The third-order valence-electron chi connectivity index (χ3n) is 2.72. The normalized spacial score (nSPS) is 12.4. The molecule has 1 rings (SSSR count). The minimum absolute atomic E-state index is 0.0732. The summed E-state index contributed by atoms with van der Waals surface area (Å²) in [6.07, 6.45) is 0.749. The molecule has 1 N–H and O–H groups in total. The number of benzene rings is 1. The molecule has 19 heavy (non-hydrogen) atoms. The summed E-state index contributed by atoms with van der Waals surface area (Å²) in [6, 6.07) is 6.08. The first-order chi connectivity index (χ1) is 8.62. The van der Waals surface area contributed by atoms with E-state index in [4.69, 9.17) is 0 Å². The fourth-order valence-corrected chi connectivity index (χ4v) is 2.60. The van der Waals surface area contributed by atoms with Gasteiger partial charge in [0.2, 0.25) is 10.0 Å². The van der Waals surface area contributed by atoms with Gasteiger partial charge in [0.1, 0.15) is 0 Å². The van der Waals surface area contributed by atoms with E-state index in [2.05, 4.69) is 25.5 Å². The maximum Gasteiger partial charge on any atom is 0.240 e. The minimum Gasteiger partial charge on any atom is -0.295 e. The van der Waals surface area contributed by atoms with Crippen molar-refractivity contribution in [1.82, 2.24) is 4.72 Å². The molecule has 0 unspecified atom stereocenters. The molecule has 0 bridgehead atoms. The molecule has 106 valence electrons. The molecule has 0 heterocycles. The van der Waals surface area contributed by atoms with Gasteiger partial charge in [-0.3, -0.25) is 4.79 Å². The Bertz CT molecular complexity index is 556. The van der Waals surface area contributed by atoms with Gasteiger partial charge >= 0.3 is 0 Å². The summed E-state index contributed by atoms with van der Waals surface area (Å²) in [5.41, 5.74) is 0.475. The Kier molecular flexibility index (Phi) is 4.87. The molecule has 0 aromatic heterocycles. The van der Waals surface area contributed by atoms with Crippen LogP contribution in [0.15, 0.2) is 29.2 Å². The summed E-state index contributed by atoms with van der Waals surface area (Å²) in [5, 5.41) is 0. The highest BCUT2D eigenvalue weighted by Crippen LogP contribution is 2.18. The number of hydrogen-bond acceptors (Lipinski definition) is 3. The van der Waals surface area contributed by atoms with Gasteiger partial charge in [-0.25, -0.2) is 13.1 Å². The van der Waals surface area contributed by atoms with E-state index in [0.717, 1.165) is 6.42 Å². The van der Waals surface area contributed by atoms with Gasteiger partial charge < -0.3 is 0 Å². The Balaban J connectivity index is 2.83. The lowest BCUT2D eigenvalue weighted by atomic mass is 9.93. The number of nitrogens with one attached hydrogen (secondary N) is 1. The van der Waals surface area contributed by atoms with Crippen LogP contribution < -0.4 is 4.72 Å². The van der Waals surface area contributed by atoms with Crippen molar-refractivity contribution in [3.8, 4) is 0 Å². The summed E-state index contributed by atoms with van der Waals surface area (Å²) in [7, 11) is -3.54. The van der Waals surface area contributed by atoms with E-state index in [1.165, 1.54) is 19.1 Å². The van der Waals surface area contributed by atoms with E-state index in [9.17, 15) is 13.2 Å². The van der Waals surface area contributed by atoms with Crippen LogP contribution in [0.4, 0.5) is 0 Å². The second-order valence-electron chi connectivity index (χ2n) is 5.79. The van der Waals surface area contributed by atoms with E-state index < -0.39 is 10.0 Å². The highest BCUT2D eigenvalue weighted by Gasteiger charge is 2.17. The third kappa shape index (κ3) is 5.12. The van der Waals surface area contributed by atoms with Gasteiger partial charge in [-0.2, -0.15) is 0 Å². The first-order valence-corrected chi connectivity index (χ1v) is 7.71. The zero-order valence-electron chi connectivity index (χ0n) is 11.9. The van der Waals surface area contributed by atoms with E-state index in [0.29, 0.717) is 12.1 Å². The number of sulfonamides is 1. The fourth-order valence-electron chi connectivity index (χ4n) is 1.53. The van der Waals surface area contributed by atoms with Crippen molar-refractivity contribution in [2.45, 2.75) is 39.0 Å². The molecule has 4 nitrogen and oxygen atoms in total. The Morgan fingerprint density at radius 1 is 1.26 bits per heavy atom. The maximum atomic E-state index is 12.1. The highest BCUT2D eigenvalue weighted by molar-refractivity contribution is 7.89. The Morgan fingerprint density at radius 2 is 1.89 bits per heavy atom. The predicted octanol–water partition coefficient (Wildman–Crippen LogP) is 2.60. The lowest BCUT2D eigenvalue weighted by Gasteiger charge is -2.18. The van der Waals surface area contributed by atoms with E-state index in [1.54, 1.807) is 12.1 Å². The summed E-state index contributed by atoms with van der Waals surface area (Å²) >= 11 is 0. The number of ketones is 1. The zero-order chi connectivity index (χ0) is 14.7. The average Bonchev–Trinajstić information content (AvgIpc) is 2.27. The number of hydrogen-bond donors (Lipinski definition) is 1. The van der Waals surface area contributed by atoms with Gasteiger partial charge in [-0.05, 0) is 30.9 Å². The van der Waals surface area contributed by atoms with Crippen LogP contribution in [-0.2, 0) is 10.0 Å². The topological polar surface area (TPSA) is 63.2 Å². The van der Waals surface area contributed by atoms with Crippen LogP contribution in [0.1, 0.15) is 44.5 Å². The Morgan fingerprint density at radius 3 is 2.42 bits per heavy atom. The zero-order valence-corrected chi connectivity index (χ0v) is 12.7. The first-order valence-electron chi connectivity index (χ1n) is 6.22.